The number of hydrogen-bond acceptors (Lipinski definition) is 7. The highest BCUT2D eigenvalue weighted by atomic mass is 19.4. The standard InChI is InChI=1S/C25H20F3N5O3/c26-25(27,28)17-5-1-14(2-6-17)23-31-24(33-32-23)16-3-7-18(29-12-16)15-4-8-21(30-11-15)36-20-13-35-19-9-10-34-22(19)20/h1-8,11-12,19-20,22H,9-10,13H2,(H,31,32,33)/t19-,20+,22+/m1/s1. The molecule has 4 aromatic rings. The number of nitrogens with one attached hydrogen (secondary N) is 1. The predicted octanol–water partition coefficient (Wildman–Crippen LogP) is 4.55. The minimum Gasteiger partial charge on any atom is -0.469 e. The first-order chi connectivity index (χ1) is 17.4. The summed E-state index contributed by atoms with van der Waals surface area (Å²) >= 11 is 0. The van der Waals surface area contributed by atoms with Gasteiger partial charge >= 0.3 is 6.18 Å². The zero-order chi connectivity index (χ0) is 24.7. The van der Waals surface area contributed by atoms with Crippen LogP contribution in [0.3, 0.4) is 0 Å². The van der Waals surface area contributed by atoms with E-state index in [1.54, 1.807) is 18.5 Å². The van der Waals surface area contributed by atoms with Crippen molar-refractivity contribution in [2.75, 3.05) is 13.2 Å². The molecule has 0 unspecified atom stereocenters. The van der Waals surface area contributed by atoms with Crippen molar-refractivity contribution in [1.82, 2.24) is 25.1 Å². The lowest BCUT2D eigenvalue weighted by molar-refractivity contribution is -0.137. The van der Waals surface area contributed by atoms with E-state index in [1.165, 1.54) is 12.1 Å². The monoisotopic (exact) mass is 495 g/mol. The SMILES string of the molecule is FC(F)(F)c1ccc(-c2nc(-c3ccc(-c4ccc(O[C@H]5CO[C@@H]6CCO[C@H]56)nc4)nc3)n[nH]2)cc1. The van der Waals surface area contributed by atoms with Gasteiger partial charge < -0.3 is 14.2 Å². The van der Waals surface area contributed by atoms with Crippen LogP contribution in [0.2, 0.25) is 0 Å². The van der Waals surface area contributed by atoms with E-state index < -0.39 is 11.7 Å². The maximum absolute atomic E-state index is 12.8. The summed E-state index contributed by atoms with van der Waals surface area (Å²) in [6, 6.07) is 12.0. The molecule has 184 valence electrons. The number of pyridine rings is 2. The molecule has 11 heteroatoms. The topological polar surface area (TPSA) is 95.0 Å². The summed E-state index contributed by atoms with van der Waals surface area (Å²) in [5.41, 5.74) is 1.96. The molecule has 1 aromatic carbocycles. The van der Waals surface area contributed by atoms with Crippen LogP contribution in [0.25, 0.3) is 34.0 Å². The Kier molecular flexibility index (Phi) is 5.65. The van der Waals surface area contributed by atoms with Crippen LogP contribution >= 0.6 is 0 Å². The Morgan fingerprint density at radius 2 is 1.67 bits per heavy atom. The Balaban J connectivity index is 1.13. The summed E-state index contributed by atoms with van der Waals surface area (Å²) in [4.78, 5) is 13.3. The maximum atomic E-state index is 12.8. The van der Waals surface area contributed by atoms with E-state index in [0.717, 1.165) is 24.1 Å². The van der Waals surface area contributed by atoms with E-state index in [0.29, 0.717) is 47.6 Å². The Morgan fingerprint density at radius 1 is 0.889 bits per heavy atom. The normalized spacial score (nSPS) is 21.5. The van der Waals surface area contributed by atoms with Gasteiger partial charge in [-0.1, -0.05) is 12.1 Å². The van der Waals surface area contributed by atoms with Crippen LogP contribution in [0.5, 0.6) is 5.88 Å². The molecular formula is C25H20F3N5O3. The van der Waals surface area contributed by atoms with E-state index in [2.05, 4.69) is 25.1 Å². The van der Waals surface area contributed by atoms with Crippen molar-refractivity contribution >= 4 is 0 Å². The average molecular weight is 495 g/mol. The molecule has 0 amide bonds. The lowest BCUT2D eigenvalue weighted by Crippen LogP contribution is -2.32. The minimum absolute atomic E-state index is 0.0453. The molecular weight excluding hydrogens is 475 g/mol. The van der Waals surface area contributed by atoms with E-state index in [1.807, 2.05) is 18.2 Å². The second-order valence-corrected chi connectivity index (χ2v) is 8.55. The van der Waals surface area contributed by atoms with E-state index in [4.69, 9.17) is 14.2 Å². The summed E-state index contributed by atoms with van der Waals surface area (Å²) in [7, 11) is 0. The van der Waals surface area contributed by atoms with E-state index in [-0.39, 0.29) is 18.3 Å². The fraction of sp³-hybridized carbons (Fsp3) is 0.280. The van der Waals surface area contributed by atoms with Gasteiger partial charge in [-0.25, -0.2) is 9.97 Å². The number of ether oxygens (including phenoxy) is 3. The Bertz CT molecular complexity index is 1340. The third-order valence-corrected chi connectivity index (χ3v) is 6.22. The summed E-state index contributed by atoms with van der Waals surface area (Å²) in [5, 5.41) is 6.93. The summed E-state index contributed by atoms with van der Waals surface area (Å²) in [6.07, 6.45) is -0.281. The van der Waals surface area contributed by atoms with Crippen molar-refractivity contribution in [3.63, 3.8) is 0 Å². The molecule has 2 fully saturated rings. The molecule has 3 atom stereocenters. The largest absolute Gasteiger partial charge is 0.469 e. The van der Waals surface area contributed by atoms with Gasteiger partial charge in [-0.15, -0.1) is 0 Å². The van der Waals surface area contributed by atoms with Crippen molar-refractivity contribution < 1.29 is 27.4 Å². The van der Waals surface area contributed by atoms with Crippen LogP contribution in [0.15, 0.2) is 60.9 Å². The number of H-pyrrole nitrogens is 1. The van der Waals surface area contributed by atoms with Gasteiger partial charge in [0.05, 0.1) is 24.0 Å². The second kappa shape index (κ2) is 8.99. The molecule has 0 aliphatic carbocycles. The molecule has 0 bridgehead atoms. The molecule has 5 heterocycles. The highest BCUT2D eigenvalue weighted by Crippen LogP contribution is 2.31. The number of halogens is 3. The van der Waals surface area contributed by atoms with Crippen molar-refractivity contribution in [3.8, 4) is 39.9 Å². The Hall–Kier alpha value is -3.83. The van der Waals surface area contributed by atoms with Gasteiger partial charge in [0.1, 0.15) is 6.10 Å². The molecule has 0 spiro atoms. The summed E-state index contributed by atoms with van der Waals surface area (Å²) in [5.74, 6) is 1.25. The number of alkyl halides is 3. The van der Waals surface area contributed by atoms with Crippen LogP contribution in [0.1, 0.15) is 12.0 Å². The van der Waals surface area contributed by atoms with E-state index in [9.17, 15) is 13.2 Å². The molecule has 0 saturated carbocycles. The molecule has 6 rings (SSSR count). The van der Waals surface area contributed by atoms with Gasteiger partial charge in [0.25, 0.3) is 0 Å². The van der Waals surface area contributed by atoms with Crippen molar-refractivity contribution in [1.29, 1.82) is 0 Å². The quantitative estimate of drug-likeness (QED) is 0.434. The average Bonchev–Trinajstić information content (AvgIpc) is 3.64. The van der Waals surface area contributed by atoms with Crippen molar-refractivity contribution in [2.45, 2.75) is 30.9 Å². The first-order valence-electron chi connectivity index (χ1n) is 11.4. The fourth-order valence-corrected chi connectivity index (χ4v) is 4.32. The number of benzene rings is 1. The zero-order valence-electron chi connectivity index (χ0n) is 18.8. The Morgan fingerprint density at radius 3 is 2.39 bits per heavy atom. The third-order valence-electron chi connectivity index (χ3n) is 6.22. The number of aromatic amines is 1. The molecule has 2 saturated heterocycles. The minimum atomic E-state index is -4.39. The highest BCUT2D eigenvalue weighted by molar-refractivity contribution is 5.64. The van der Waals surface area contributed by atoms with Gasteiger partial charge in [-0.2, -0.15) is 18.3 Å². The molecule has 8 nitrogen and oxygen atoms in total. The number of aromatic nitrogens is 5. The van der Waals surface area contributed by atoms with Crippen LogP contribution in [-0.2, 0) is 15.7 Å². The molecule has 2 aliphatic heterocycles. The van der Waals surface area contributed by atoms with Gasteiger partial charge in [0.2, 0.25) is 5.88 Å². The zero-order valence-corrected chi connectivity index (χ0v) is 18.8. The first-order valence-corrected chi connectivity index (χ1v) is 11.4. The predicted molar refractivity (Wildman–Crippen MR) is 122 cm³/mol. The summed E-state index contributed by atoms with van der Waals surface area (Å²) in [6.45, 7) is 1.18. The molecule has 1 N–H and O–H groups in total. The van der Waals surface area contributed by atoms with Crippen LogP contribution < -0.4 is 4.74 Å². The van der Waals surface area contributed by atoms with Crippen LogP contribution in [0.4, 0.5) is 13.2 Å². The van der Waals surface area contributed by atoms with Gasteiger partial charge in [0.15, 0.2) is 17.8 Å². The molecule has 3 aromatic heterocycles. The second-order valence-electron chi connectivity index (χ2n) is 8.55. The number of nitrogens with zero attached hydrogens (tertiary/aromatic N) is 4. The van der Waals surface area contributed by atoms with E-state index >= 15 is 0 Å². The lowest BCUT2D eigenvalue weighted by Gasteiger charge is -2.17. The highest BCUT2D eigenvalue weighted by Gasteiger charge is 2.43. The smallest absolute Gasteiger partial charge is 0.416 e. The van der Waals surface area contributed by atoms with Crippen molar-refractivity contribution in [2.24, 2.45) is 0 Å². The maximum Gasteiger partial charge on any atom is 0.416 e. The van der Waals surface area contributed by atoms with Crippen LogP contribution in [0, 0.1) is 0 Å². The van der Waals surface area contributed by atoms with Crippen molar-refractivity contribution in [3.05, 3.63) is 66.5 Å². The van der Waals surface area contributed by atoms with Gasteiger partial charge in [-0.05, 0) is 36.8 Å². The number of rotatable bonds is 5. The van der Waals surface area contributed by atoms with Crippen LogP contribution in [-0.4, -0.2) is 56.7 Å². The molecule has 36 heavy (non-hydrogen) atoms. The fourth-order valence-electron chi connectivity index (χ4n) is 4.32. The van der Waals surface area contributed by atoms with Gasteiger partial charge in [-0.3, -0.25) is 10.1 Å². The number of hydrogen-bond donors (Lipinski definition) is 1. The molecule has 0 radical (unpaired) electrons. The molecule has 2 aliphatic rings. The Labute approximate surface area is 203 Å². The third kappa shape index (κ3) is 4.42. The lowest BCUT2D eigenvalue weighted by atomic mass is 10.1. The first kappa shape index (κ1) is 22.6. The number of fused-ring (bicyclic) bond motifs is 1. The summed E-state index contributed by atoms with van der Waals surface area (Å²) < 4.78 is 55.7. The van der Waals surface area contributed by atoms with Gasteiger partial charge in [0, 0.05) is 41.8 Å².